The molecule has 1 aliphatic heterocycles. The molecule has 2 unspecified atom stereocenters. The van der Waals surface area contributed by atoms with Gasteiger partial charge >= 0.3 is 6.09 Å². The molecule has 8 nitrogen and oxygen atoms in total. The highest BCUT2D eigenvalue weighted by Crippen LogP contribution is 2.30. The fourth-order valence-corrected chi connectivity index (χ4v) is 5.98. The smallest absolute Gasteiger partial charge is 0.410 e. The van der Waals surface area contributed by atoms with Gasteiger partial charge in [-0.1, -0.05) is 23.7 Å². The van der Waals surface area contributed by atoms with Gasteiger partial charge in [-0.2, -0.15) is 0 Å². The lowest BCUT2D eigenvalue weighted by Gasteiger charge is -2.44. The molecule has 10 heteroatoms. The van der Waals surface area contributed by atoms with E-state index >= 15 is 0 Å². The highest BCUT2D eigenvalue weighted by molar-refractivity contribution is 7.92. The summed E-state index contributed by atoms with van der Waals surface area (Å²) in [5.74, 6) is 0. The van der Waals surface area contributed by atoms with Gasteiger partial charge in [0.1, 0.15) is 16.1 Å². The largest absolute Gasteiger partial charge is 0.464 e. The molecular weight excluding hydrogens is 502 g/mol. The summed E-state index contributed by atoms with van der Waals surface area (Å²) in [5, 5.41) is 0.942. The fraction of sp³-hybridized carbons (Fsp3) is 0.423. The number of halogens is 1. The Morgan fingerprint density at radius 2 is 1.86 bits per heavy atom. The Morgan fingerprint density at radius 1 is 1.14 bits per heavy atom. The number of fused-ring (bicyclic) bond motifs is 1. The van der Waals surface area contributed by atoms with Crippen LogP contribution in [0.2, 0.25) is 5.02 Å². The minimum absolute atomic E-state index is 0.0150. The molecule has 1 aromatic heterocycles. The van der Waals surface area contributed by atoms with Crippen LogP contribution in [-0.2, 0) is 21.3 Å². The van der Waals surface area contributed by atoms with Crippen molar-refractivity contribution >= 4 is 44.4 Å². The number of hydrogen-bond donors (Lipinski definition) is 1. The number of piperazine rings is 1. The maximum atomic E-state index is 13.0. The zero-order chi connectivity index (χ0) is 26.3. The van der Waals surface area contributed by atoms with Gasteiger partial charge in [-0.3, -0.25) is 9.62 Å². The number of nitrogens with one attached hydrogen (secondary N) is 1. The van der Waals surface area contributed by atoms with E-state index in [4.69, 9.17) is 20.8 Å². The van der Waals surface area contributed by atoms with Crippen molar-refractivity contribution in [2.24, 2.45) is 0 Å². The molecule has 2 aromatic carbocycles. The van der Waals surface area contributed by atoms with Crippen molar-refractivity contribution in [1.29, 1.82) is 0 Å². The normalized spacial score (nSPS) is 19.4. The van der Waals surface area contributed by atoms with E-state index in [-0.39, 0.29) is 28.1 Å². The molecular formula is C26H32ClN3O5S. The van der Waals surface area contributed by atoms with Crippen LogP contribution in [-0.4, -0.2) is 55.1 Å². The number of ether oxygens (including phenoxy) is 1. The van der Waals surface area contributed by atoms with E-state index in [1.165, 1.54) is 6.07 Å². The molecule has 0 spiro atoms. The molecule has 0 radical (unpaired) electrons. The van der Waals surface area contributed by atoms with Crippen molar-refractivity contribution in [2.45, 2.75) is 63.7 Å². The number of benzene rings is 2. The highest BCUT2D eigenvalue weighted by Gasteiger charge is 2.34. The number of hydrogen-bond acceptors (Lipinski definition) is 6. The van der Waals surface area contributed by atoms with Crippen LogP contribution in [0, 0.1) is 0 Å². The summed E-state index contributed by atoms with van der Waals surface area (Å²) < 4.78 is 40.0. The van der Waals surface area contributed by atoms with Gasteiger partial charge in [0.05, 0.1) is 17.0 Å². The molecule has 1 saturated heterocycles. The second-order valence-corrected chi connectivity index (χ2v) is 12.3. The standard InChI is InChI=1S/C26H32ClN3O5S/c1-17-15-30(25(31)35-26(3,4)5)18(2)14-29(17)16-20-13-21(12-19-10-11-34-24(19)20)28-36(32,33)23-9-7-6-8-22(23)27/h6-13,17-18,28H,14-16H2,1-5H3. The van der Waals surface area contributed by atoms with E-state index in [0.29, 0.717) is 30.9 Å². The average Bonchev–Trinajstić information content (AvgIpc) is 3.23. The Kier molecular flexibility index (Phi) is 7.28. The summed E-state index contributed by atoms with van der Waals surface area (Å²) in [7, 11) is -3.88. The van der Waals surface area contributed by atoms with Crippen LogP contribution >= 0.6 is 11.6 Å². The topological polar surface area (TPSA) is 92.1 Å². The predicted octanol–water partition coefficient (Wildman–Crippen LogP) is 5.72. The van der Waals surface area contributed by atoms with Crippen molar-refractivity contribution in [1.82, 2.24) is 9.80 Å². The van der Waals surface area contributed by atoms with Crippen molar-refractivity contribution in [3.05, 3.63) is 59.3 Å². The minimum Gasteiger partial charge on any atom is -0.464 e. The SMILES string of the molecule is CC1CN(C(=O)OC(C)(C)C)C(C)CN1Cc1cc(NS(=O)(=O)c2ccccc2Cl)cc2ccoc12. The Morgan fingerprint density at radius 3 is 2.56 bits per heavy atom. The zero-order valence-corrected chi connectivity index (χ0v) is 22.7. The number of amides is 1. The van der Waals surface area contributed by atoms with Crippen LogP contribution in [0.5, 0.6) is 0 Å². The third kappa shape index (κ3) is 5.79. The molecule has 1 amide bonds. The number of carbonyl (C=O) groups excluding carboxylic acids is 1. The van der Waals surface area contributed by atoms with Crippen molar-refractivity contribution < 1.29 is 22.4 Å². The van der Waals surface area contributed by atoms with Crippen LogP contribution < -0.4 is 4.72 Å². The third-order valence-corrected chi connectivity index (χ3v) is 8.00. The van der Waals surface area contributed by atoms with Crippen LogP contribution in [0.4, 0.5) is 10.5 Å². The first-order valence-electron chi connectivity index (χ1n) is 11.9. The first-order chi connectivity index (χ1) is 16.8. The lowest BCUT2D eigenvalue weighted by Crippen LogP contribution is -2.58. The van der Waals surface area contributed by atoms with E-state index in [9.17, 15) is 13.2 Å². The van der Waals surface area contributed by atoms with Crippen LogP contribution in [0.25, 0.3) is 11.0 Å². The van der Waals surface area contributed by atoms with Crippen molar-refractivity contribution in [3.63, 3.8) is 0 Å². The third-order valence-electron chi connectivity index (χ3n) is 6.12. The molecule has 1 N–H and O–H groups in total. The van der Waals surface area contributed by atoms with Gasteiger partial charge in [-0.25, -0.2) is 13.2 Å². The molecule has 2 heterocycles. The lowest BCUT2D eigenvalue weighted by molar-refractivity contribution is -0.0116. The molecule has 194 valence electrons. The number of sulfonamides is 1. The van der Waals surface area contributed by atoms with Gasteiger partial charge in [-0.05, 0) is 65.0 Å². The first kappa shape index (κ1) is 26.3. The zero-order valence-electron chi connectivity index (χ0n) is 21.1. The summed E-state index contributed by atoms with van der Waals surface area (Å²) in [6.45, 7) is 11.3. The Balaban J connectivity index is 1.56. The van der Waals surface area contributed by atoms with Gasteiger partial charge in [-0.15, -0.1) is 0 Å². The molecule has 1 fully saturated rings. The predicted molar refractivity (Wildman–Crippen MR) is 141 cm³/mol. The van der Waals surface area contributed by atoms with E-state index in [1.807, 2.05) is 27.7 Å². The monoisotopic (exact) mass is 533 g/mol. The molecule has 0 bridgehead atoms. The molecule has 36 heavy (non-hydrogen) atoms. The van der Waals surface area contributed by atoms with Gasteiger partial charge in [0.15, 0.2) is 0 Å². The van der Waals surface area contributed by atoms with Crippen LogP contribution in [0.3, 0.4) is 0 Å². The van der Waals surface area contributed by atoms with Crippen molar-refractivity contribution in [2.75, 3.05) is 17.8 Å². The quantitative estimate of drug-likeness (QED) is 0.451. The number of rotatable bonds is 5. The summed E-state index contributed by atoms with van der Waals surface area (Å²) >= 11 is 6.13. The van der Waals surface area contributed by atoms with Gasteiger partial charge in [0, 0.05) is 42.7 Å². The molecule has 3 aromatic rings. The summed E-state index contributed by atoms with van der Waals surface area (Å²) in [5.41, 5.74) is 1.41. The number of furan rings is 1. The average molecular weight is 534 g/mol. The number of carbonyl (C=O) groups is 1. The fourth-order valence-electron chi connectivity index (χ4n) is 4.42. The Hall–Kier alpha value is -2.75. The second-order valence-electron chi connectivity index (χ2n) is 10.3. The lowest BCUT2D eigenvalue weighted by atomic mass is 10.1. The summed E-state index contributed by atoms with van der Waals surface area (Å²) in [4.78, 5) is 16.7. The summed E-state index contributed by atoms with van der Waals surface area (Å²) in [6.07, 6.45) is 1.28. The molecule has 1 aliphatic rings. The van der Waals surface area contributed by atoms with E-state index in [1.54, 1.807) is 47.6 Å². The van der Waals surface area contributed by atoms with Gasteiger partial charge in [0.2, 0.25) is 0 Å². The maximum Gasteiger partial charge on any atom is 0.410 e. The minimum atomic E-state index is -3.88. The van der Waals surface area contributed by atoms with Gasteiger partial charge in [0.25, 0.3) is 10.0 Å². The number of nitrogens with zero attached hydrogens (tertiary/aromatic N) is 2. The maximum absolute atomic E-state index is 13.0. The Labute approximate surface area is 217 Å². The van der Waals surface area contributed by atoms with E-state index < -0.39 is 15.6 Å². The van der Waals surface area contributed by atoms with Gasteiger partial charge < -0.3 is 14.1 Å². The highest BCUT2D eigenvalue weighted by atomic mass is 35.5. The Bertz CT molecular complexity index is 1370. The van der Waals surface area contributed by atoms with Crippen LogP contribution in [0.15, 0.2) is 58.0 Å². The van der Waals surface area contributed by atoms with E-state index in [2.05, 4.69) is 16.5 Å². The first-order valence-corrected chi connectivity index (χ1v) is 13.7. The molecule has 0 aliphatic carbocycles. The molecule has 0 saturated carbocycles. The van der Waals surface area contributed by atoms with Crippen LogP contribution in [0.1, 0.15) is 40.2 Å². The molecule has 4 rings (SSSR count). The second kappa shape index (κ2) is 9.95. The van der Waals surface area contributed by atoms with Crippen molar-refractivity contribution in [3.8, 4) is 0 Å². The summed E-state index contributed by atoms with van der Waals surface area (Å²) in [6, 6.07) is 11.7. The molecule has 2 atom stereocenters. The van der Waals surface area contributed by atoms with E-state index in [0.717, 1.165) is 10.9 Å². The number of anilines is 1.